The van der Waals surface area contributed by atoms with Gasteiger partial charge in [-0.05, 0) is 42.3 Å². The minimum Gasteiger partial charge on any atom is -0.352 e. The Morgan fingerprint density at radius 2 is 1.70 bits per heavy atom. The van der Waals surface area contributed by atoms with Crippen LogP contribution in [0.5, 0.6) is 0 Å². The van der Waals surface area contributed by atoms with Crippen molar-refractivity contribution in [2.45, 2.75) is 20.0 Å². The van der Waals surface area contributed by atoms with Gasteiger partial charge in [0.25, 0.3) is 0 Å². The first-order chi connectivity index (χ1) is 11.0. The number of aryl methyl sites for hydroxylation is 1. The SMILES string of the molecule is CN=C(NCc1ccc(C)c(F)c1)NCc1cc(F)ccc1F. The van der Waals surface area contributed by atoms with Crippen molar-refractivity contribution in [3.63, 3.8) is 0 Å². The van der Waals surface area contributed by atoms with E-state index in [0.717, 1.165) is 23.8 Å². The van der Waals surface area contributed by atoms with Gasteiger partial charge in [0.2, 0.25) is 0 Å². The highest BCUT2D eigenvalue weighted by Gasteiger charge is 2.06. The van der Waals surface area contributed by atoms with Crippen LogP contribution in [0.4, 0.5) is 13.2 Å². The summed E-state index contributed by atoms with van der Waals surface area (Å²) in [6.45, 7) is 2.15. The van der Waals surface area contributed by atoms with Crippen molar-refractivity contribution in [1.29, 1.82) is 0 Å². The summed E-state index contributed by atoms with van der Waals surface area (Å²) in [6, 6.07) is 8.23. The van der Waals surface area contributed by atoms with Gasteiger partial charge in [0, 0.05) is 25.7 Å². The van der Waals surface area contributed by atoms with Gasteiger partial charge >= 0.3 is 0 Å². The number of rotatable bonds is 4. The highest BCUT2D eigenvalue weighted by atomic mass is 19.1. The van der Waals surface area contributed by atoms with E-state index in [1.54, 1.807) is 20.0 Å². The second-order valence-corrected chi connectivity index (χ2v) is 5.10. The molecule has 122 valence electrons. The van der Waals surface area contributed by atoms with Gasteiger partial charge in [0.1, 0.15) is 17.5 Å². The van der Waals surface area contributed by atoms with Gasteiger partial charge in [-0.3, -0.25) is 4.99 Å². The van der Waals surface area contributed by atoms with E-state index in [0.29, 0.717) is 18.1 Å². The van der Waals surface area contributed by atoms with E-state index < -0.39 is 11.6 Å². The molecule has 0 aliphatic heterocycles. The molecule has 0 aliphatic carbocycles. The van der Waals surface area contributed by atoms with Crippen LogP contribution in [0, 0.1) is 24.4 Å². The van der Waals surface area contributed by atoms with Gasteiger partial charge in [0.15, 0.2) is 5.96 Å². The predicted molar refractivity (Wildman–Crippen MR) is 84.5 cm³/mol. The smallest absolute Gasteiger partial charge is 0.191 e. The fraction of sp³-hybridized carbons (Fsp3) is 0.235. The average molecular weight is 321 g/mol. The third-order valence-electron chi connectivity index (χ3n) is 3.37. The Labute approximate surface area is 133 Å². The van der Waals surface area contributed by atoms with Crippen LogP contribution in [0.25, 0.3) is 0 Å². The summed E-state index contributed by atoms with van der Waals surface area (Å²) >= 11 is 0. The molecular weight excluding hydrogens is 303 g/mol. The van der Waals surface area contributed by atoms with Crippen molar-refractivity contribution < 1.29 is 13.2 Å². The quantitative estimate of drug-likeness (QED) is 0.670. The minimum atomic E-state index is -0.499. The van der Waals surface area contributed by atoms with Crippen molar-refractivity contribution in [3.8, 4) is 0 Å². The molecule has 6 heteroatoms. The normalized spacial score (nSPS) is 11.4. The molecule has 2 N–H and O–H groups in total. The summed E-state index contributed by atoms with van der Waals surface area (Å²) in [4.78, 5) is 3.99. The van der Waals surface area contributed by atoms with Crippen LogP contribution in [0.2, 0.25) is 0 Å². The summed E-state index contributed by atoms with van der Waals surface area (Å²) in [5.74, 6) is -0.847. The van der Waals surface area contributed by atoms with E-state index in [1.807, 2.05) is 6.07 Å². The van der Waals surface area contributed by atoms with E-state index in [-0.39, 0.29) is 17.9 Å². The summed E-state index contributed by atoms with van der Waals surface area (Å²) in [6.07, 6.45) is 0. The summed E-state index contributed by atoms with van der Waals surface area (Å²) < 4.78 is 40.2. The standard InChI is InChI=1S/C17H18F3N3/c1-11-3-4-12(7-16(11)20)9-22-17(21-2)23-10-13-8-14(18)5-6-15(13)19/h3-8H,9-10H2,1-2H3,(H2,21,22,23). The monoisotopic (exact) mass is 321 g/mol. The number of nitrogens with zero attached hydrogens (tertiary/aromatic N) is 1. The molecule has 0 saturated carbocycles. The fourth-order valence-electron chi connectivity index (χ4n) is 2.01. The van der Waals surface area contributed by atoms with Crippen LogP contribution in [0.3, 0.4) is 0 Å². The molecule has 0 amide bonds. The van der Waals surface area contributed by atoms with E-state index >= 15 is 0 Å². The summed E-state index contributed by atoms with van der Waals surface area (Å²) in [7, 11) is 1.56. The molecule has 0 radical (unpaired) electrons. The molecular formula is C17H18F3N3. The second-order valence-electron chi connectivity index (χ2n) is 5.10. The van der Waals surface area contributed by atoms with Crippen molar-refractivity contribution in [3.05, 3.63) is 70.5 Å². The molecule has 0 saturated heterocycles. The van der Waals surface area contributed by atoms with Crippen molar-refractivity contribution in [1.82, 2.24) is 10.6 Å². The highest BCUT2D eigenvalue weighted by molar-refractivity contribution is 5.79. The Bertz CT molecular complexity index is 714. The van der Waals surface area contributed by atoms with Gasteiger partial charge < -0.3 is 10.6 Å². The van der Waals surface area contributed by atoms with Crippen LogP contribution in [-0.2, 0) is 13.1 Å². The lowest BCUT2D eigenvalue weighted by atomic mass is 10.1. The maximum Gasteiger partial charge on any atom is 0.191 e. The average Bonchev–Trinajstić information content (AvgIpc) is 2.54. The molecule has 23 heavy (non-hydrogen) atoms. The number of guanidine groups is 1. The van der Waals surface area contributed by atoms with Crippen molar-refractivity contribution in [2.75, 3.05) is 7.05 Å². The first-order valence-electron chi connectivity index (χ1n) is 7.13. The largest absolute Gasteiger partial charge is 0.352 e. The number of benzene rings is 2. The number of aliphatic imine (C=N–C) groups is 1. The maximum absolute atomic E-state index is 13.5. The molecule has 0 aliphatic rings. The van der Waals surface area contributed by atoms with E-state index in [4.69, 9.17) is 0 Å². The lowest BCUT2D eigenvalue weighted by Crippen LogP contribution is -2.36. The Balaban J connectivity index is 1.93. The molecule has 2 aromatic rings. The van der Waals surface area contributed by atoms with Gasteiger partial charge in [-0.2, -0.15) is 0 Å². The molecule has 3 nitrogen and oxygen atoms in total. The summed E-state index contributed by atoms with van der Waals surface area (Å²) in [5, 5.41) is 5.88. The van der Waals surface area contributed by atoms with Crippen LogP contribution < -0.4 is 10.6 Å². The lowest BCUT2D eigenvalue weighted by molar-refractivity contribution is 0.581. The van der Waals surface area contributed by atoms with E-state index in [9.17, 15) is 13.2 Å². The minimum absolute atomic E-state index is 0.0888. The number of hydrogen-bond acceptors (Lipinski definition) is 1. The molecule has 0 fully saturated rings. The van der Waals surface area contributed by atoms with Crippen molar-refractivity contribution >= 4 is 5.96 Å². The van der Waals surface area contributed by atoms with Gasteiger partial charge in [-0.1, -0.05) is 12.1 Å². The zero-order chi connectivity index (χ0) is 16.8. The zero-order valence-electron chi connectivity index (χ0n) is 13.0. The Kier molecular flexibility index (Phi) is 5.62. The molecule has 0 spiro atoms. The van der Waals surface area contributed by atoms with E-state index in [1.165, 1.54) is 6.07 Å². The number of halogens is 3. The van der Waals surface area contributed by atoms with Crippen molar-refractivity contribution in [2.24, 2.45) is 4.99 Å². The second kappa shape index (κ2) is 7.67. The highest BCUT2D eigenvalue weighted by Crippen LogP contribution is 2.10. The Morgan fingerprint density at radius 1 is 0.957 bits per heavy atom. The first-order valence-corrected chi connectivity index (χ1v) is 7.13. The fourth-order valence-corrected chi connectivity index (χ4v) is 2.01. The number of nitrogens with one attached hydrogen (secondary N) is 2. The molecule has 0 bridgehead atoms. The first kappa shape index (κ1) is 16.9. The predicted octanol–water partition coefficient (Wildman–Crippen LogP) is 3.28. The molecule has 0 atom stereocenters. The van der Waals surface area contributed by atoms with Crippen LogP contribution in [0.1, 0.15) is 16.7 Å². The third-order valence-corrected chi connectivity index (χ3v) is 3.37. The molecule has 0 unspecified atom stereocenters. The molecule has 2 aromatic carbocycles. The number of hydrogen-bond donors (Lipinski definition) is 2. The Hall–Kier alpha value is -2.50. The van der Waals surface area contributed by atoms with Gasteiger partial charge in [-0.25, -0.2) is 13.2 Å². The summed E-state index contributed by atoms with van der Waals surface area (Å²) in [5.41, 5.74) is 1.54. The van der Waals surface area contributed by atoms with Crippen LogP contribution >= 0.6 is 0 Å². The molecule has 0 aromatic heterocycles. The molecule has 0 heterocycles. The Morgan fingerprint density at radius 3 is 2.39 bits per heavy atom. The van der Waals surface area contributed by atoms with Crippen LogP contribution in [-0.4, -0.2) is 13.0 Å². The zero-order valence-corrected chi connectivity index (χ0v) is 13.0. The lowest BCUT2D eigenvalue weighted by Gasteiger charge is -2.13. The van der Waals surface area contributed by atoms with Crippen LogP contribution in [0.15, 0.2) is 41.4 Å². The third kappa shape index (κ3) is 4.74. The van der Waals surface area contributed by atoms with Gasteiger partial charge in [0.05, 0.1) is 0 Å². The van der Waals surface area contributed by atoms with Gasteiger partial charge in [-0.15, -0.1) is 0 Å². The topological polar surface area (TPSA) is 36.4 Å². The molecule has 2 rings (SSSR count). The maximum atomic E-state index is 13.5. The van der Waals surface area contributed by atoms with E-state index in [2.05, 4.69) is 15.6 Å².